The number of carbonyl (C=O) groups is 1. The van der Waals surface area contributed by atoms with Crippen LogP contribution in [0.25, 0.3) is 0 Å². The highest BCUT2D eigenvalue weighted by Gasteiger charge is 2.05. The second-order valence-corrected chi connectivity index (χ2v) is 3.33. The molecule has 1 amide bonds. The van der Waals surface area contributed by atoms with Gasteiger partial charge in [0, 0.05) is 6.20 Å². The van der Waals surface area contributed by atoms with E-state index in [-0.39, 0.29) is 12.4 Å². The fourth-order valence-electron chi connectivity index (χ4n) is 1.29. The maximum absolute atomic E-state index is 11.2. The van der Waals surface area contributed by atoms with Crippen LogP contribution < -0.4 is 16.8 Å². The molecule has 2 aromatic heterocycles. The molecule has 0 aliphatic heterocycles. The van der Waals surface area contributed by atoms with Gasteiger partial charge in [-0.25, -0.2) is 24.4 Å². The van der Waals surface area contributed by atoms with Gasteiger partial charge in [0.25, 0.3) is 0 Å². The summed E-state index contributed by atoms with van der Waals surface area (Å²) < 4.78 is 5.41. The molecule has 9 heteroatoms. The molecule has 3 N–H and O–H groups in total. The van der Waals surface area contributed by atoms with E-state index in [4.69, 9.17) is 5.11 Å². The number of rotatable bonds is 3. The summed E-state index contributed by atoms with van der Waals surface area (Å²) in [6, 6.07) is 2.98. The van der Waals surface area contributed by atoms with E-state index in [1.807, 2.05) is 4.98 Å². The van der Waals surface area contributed by atoms with Crippen LogP contribution in [0.4, 0.5) is 10.6 Å². The Morgan fingerprint density at radius 3 is 2.78 bits per heavy atom. The second-order valence-electron chi connectivity index (χ2n) is 3.33. The monoisotopic (exact) mass is 252 g/mol. The Balaban J connectivity index is 2.15. The molecule has 9 nitrogen and oxygen atoms in total. The summed E-state index contributed by atoms with van der Waals surface area (Å²) in [5.41, 5.74) is -0.0801. The van der Waals surface area contributed by atoms with E-state index in [1.54, 1.807) is 6.07 Å². The first kappa shape index (κ1) is 11.6. The molecular weight excluding hydrogens is 244 g/mol. The number of aromatic amines is 1. The SMILES string of the molecule is O=C(O)Nc1ccc(Cn2oc(=O)[nH]c2=O)cn1. The number of carboxylic acid groups (broad SMARTS) is 1. The smallest absolute Gasteiger partial charge is 0.440 e. The van der Waals surface area contributed by atoms with Gasteiger partial charge in [0.15, 0.2) is 0 Å². The van der Waals surface area contributed by atoms with Crippen molar-refractivity contribution in [1.29, 1.82) is 0 Å². The molecule has 0 fully saturated rings. The Morgan fingerprint density at radius 2 is 2.28 bits per heavy atom. The van der Waals surface area contributed by atoms with Crippen LogP contribution in [0.2, 0.25) is 0 Å². The standard InChI is InChI=1S/C9H8N4O5/c14-7-12-9(17)18-13(7)4-5-1-2-6(10-3-5)11-8(15)16/h1-3H,4H2,(H,10,11)(H,15,16)(H,12,14,17). The van der Waals surface area contributed by atoms with Gasteiger partial charge in [0.2, 0.25) is 0 Å². The first-order valence-corrected chi connectivity index (χ1v) is 4.80. The average molecular weight is 252 g/mol. The van der Waals surface area contributed by atoms with Crippen LogP contribution in [-0.4, -0.2) is 25.9 Å². The van der Waals surface area contributed by atoms with Gasteiger partial charge in [-0.3, -0.25) is 5.32 Å². The molecule has 94 valence electrons. The first-order chi connectivity index (χ1) is 8.54. The number of anilines is 1. The summed E-state index contributed by atoms with van der Waals surface area (Å²) in [5, 5.41) is 10.5. The van der Waals surface area contributed by atoms with Gasteiger partial charge in [-0.15, -0.1) is 4.74 Å². The summed E-state index contributed by atoms with van der Waals surface area (Å²) in [6.07, 6.45) is 0.146. The van der Waals surface area contributed by atoms with Crippen molar-refractivity contribution in [1.82, 2.24) is 14.7 Å². The Labute approximate surface area is 98.7 Å². The quantitative estimate of drug-likeness (QED) is 0.685. The Morgan fingerprint density at radius 1 is 1.50 bits per heavy atom. The molecule has 2 heterocycles. The molecule has 0 radical (unpaired) electrons. The van der Waals surface area contributed by atoms with Gasteiger partial charge in [0.1, 0.15) is 5.82 Å². The molecule has 0 unspecified atom stereocenters. The van der Waals surface area contributed by atoms with Crippen LogP contribution in [0.1, 0.15) is 5.56 Å². The van der Waals surface area contributed by atoms with Crippen molar-refractivity contribution in [2.45, 2.75) is 6.54 Å². The maximum atomic E-state index is 11.2. The van der Waals surface area contributed by atoms with Crippen molar-refractivity contribution in [3.63, 3.8) is 0 Å². The van der Waals surface area contributed by atoms with Gasteiger partial charge < -0.3 is 9.63 Å². The molecule has 0 bridgehead atoms. The highest BCUT2D eigenvalue weighted by atomic mass is 16.5. The van der Waals surface area contributed by atoms with Crippen LogP contribution >= 0.6 is 0 Å². The number of nitrogens with zero attached hydrogens (tertiary/aromatic N) is 2. The molecule has 0 saturated carbocycles. The van der Waals surface area contributed by atoms with Crippen molar-refractivity contribution in [3.8, 4) is 0 Å². The maximum Gasteiger partial charge on any atom is 0.440 e. The predicted octanol–water partition coefficient (Wildman–Crippen LogP) is -0.337. The van der Waals surface area contributed by atoms with Gasteiger partial charge in [-0.2, -0.15) is 0 Å². The molecule has 0 saturated heterocycles. The first-order valence-electron chi connectivity index (χ1n) is 4.80. The number of aromatic nitrogens is 3. The highest BCUT2D eigenvalue weighted by Crippen LogP contribution is 2.05. The average Bonchev–Trinajstić information content (AvgIpc) is 2.59. The Bertz CT molecular complexity index is 665. The molecule has 0 atom stereocenters. The zero-order valence-electron chi connectivity index (χ0n) is 8.91. The van der Waals surface area contributed by atoms with Crippen LogP contribution in [0.5, 0.6) is 0 Å². The fourth-order valence-corrected chi connectivity index (χ4v) is 1.29. The van der Waals surface area contributed by atoms with E-state index >= 15 is 0 Å². The van der Waals surface area contributed by atoms with E-state index in [1.165, 1.54) is 12.3 Å². The lowest BCUT2D eigenvalue weighted by Gasteiger charge is -2.02. The number of pyridine rings is 1. The molecular formula is C9H8N4O5. The summed E-state index contributed by atoms with van der Waals surface area (Å²) in [4.78, 5) is 38.0. The zero-order valence-corrected chi connectivity index (χ0v) is 8.91. The van der Waals surface area contributed by atoms with Crippen molar-refractivity contribution in [2.24, 2.45) is 0 Å². The van der Waals surface area contributed by atoms with Crippen LogP contribution in [0, 0.1) is 0 Å². The van der Waals surface area contributed by atoms with E-state index in [0.29, 0.717) is 5.56 Å². The summed E-state index contributed by atoms with van der Waals surface area (Å²) >= 11 is 0. The number of nitrogens with one attached hydrogen (secondary N) is 2. The van der Waals surface area contributed by atoms with E-state index in [0.717, 1.165) is 4.74 Å². The Hall–Kier alpha value is -2.84. The lowest BCUT2D eigenvalue weighted by Crippen LogP contribution is -2.17. The number of hydrogen-bond donors (Lipinski definition) is 3. The summed E-state index contributed by atoms with van der Waals surface area (Å²) in [6.45, 7) is 0.0257. The lowest BCUT2D eigenvalue weighted by atomic mass is 10.3. The third-order valence-corrected chi connectivity index (χ3v) is 2.01. The summed E-state index contributed by atoms with van der Waals surface area (Å²) in [5.74, 6) is -0.675. The predicted molar refractivity (Wildman–Crippen MR) is 58.6 cm³/mol. The molecule has 2 aromatic rings. The fraction of sp³-hybridized carbons (Fsp3) is 0.111. The van der Waals surface area contributed by atoms with Gasteiger partial charge in [-0.1, -0.05) is 6.07 Å². The largest absolute Gasteiger partial charge is 0.465 e. The van der Waals surface area contributed by atoms with Crippen LogP contribution in [-0.2, 0) is 6.54 Å². The summed E-state index contributed by atoms with van der Waals surface area (Å²) in [7, 11) is 0. The van der Waals surface area contributed by atoms with E-state index in [9.17, 15) is 14.4 Å². The third-order valence-electron chi connectivity index (χ3n) is 2.01. The van der Waals surface area contributed by atoms with Crippen LogP contribution in [0.15, 0.2) is 32.4 Å². The number of hydrogen-bond acceptors (Lipinski definition) is 5. The topological polar surface area (TPSA) is 130 Å². The highest BCUT2D eigenvalue weighted by molar-refractivity contribution is 5.81. The normalized spacial score (nSPS) is 10.2. The van der Waals surface area contributed by atoms with Gasteiger partial charge in [0.05, 0.1) is 6.54 Å². The molecule has 0 aliphatic rings. The minimum atomic E-state index is -1.22. The molecule has 0 aromatic carbocycles. The minimum absolute atomic E-state index is 0.0257. The van der Waals surface area contributed by atoms with Gasteiger partial charge in [-0.05, 0) is 11.6 Å². The molecule has 18 heavy (non-hydrogen) atoms. The lowest BCUT2D eigenvalue weighted by molar-refractivity contribution is 0.209. The van der Waals surface area contributed by atoms with Crippen molar-refractivity contribution in [2.75, 3.05) is 5.32 Å². The minimum Gasteiger partial charge on any atom is -0.465 e. The van der Waals surface area contributed by atoms with Crippen molar-refractivity contribution < 1.29 is 14.4 Å². The number of amides is 1. The van der Waals surface area contributed by atoms with Gasteiger partial charge >= 0.3 is 17.5 Å². The van der Waals surface area contributed by atoms with Crippen molar-refractivity contribution in [3.05, 3.63) is 44.9 Å². The van der Waals surface area contributed by atoms with E-state index < -0.39 is 17.5 Å². The van der Waals surface area contributed by atoms with Crippen molar-refractivity contribution >= 4 is 11.9 Å². The third kappa shape index (κ3) is 2.64. The van der Waals surface area contributed by atoms with Crippen LogP contribution in [0.3, 0.4) is 0 Å². The second kappa shape index (κ2) is 4.57. The Kier molecular flexibility index (Phi) is 2.96. The molecule has 2 rings (SSSR count). The molecule has 0 spiro atoms. The zero-order chi connectivity index (χ0) is 13.1. The molecule has 0 aliphatic carbocycles. The van der Waals surface area contributed by atoms with E-state index in [2.05, 4.69) is 14.8 Å². The number of H-pyrrole nitrogens is 1.